The standard InChI is InChI=1S/C20H21BrO4/c1-12(23)25-20-18-9-15(21)7-6-14(18)8-13-4-2-3-5-17(13)19(20)10-16(24)11-22/h2-7,9,16,19-20,22,24H,8,10-11H2,1H3/t16-,19-,20+/m1/s1. The van der Waals surface area contributed by atoms with Crippen LogP contribution in [0.3, 0.4) is 0 Å². The zero-order chi connectivity index (χ0) is 18.0. The molecule has 0 aliphatic heterocycles. The maximum absolute atomic E-state index is 11.8. The summed E-state index contributed by atoms with van der Waals surface area (Å²) in [4.78, 5) is 11.8. The van der Waals surface area contributed by atoms with Crippen molar-refractivity contribution in [2.75, 3.05) is 6.61 Å². The molecule has 132 valence electrons. The first-order chi connectivity index (χ1) is 12.0. The second-order valence-corrected chi connectivity index (χ2v) is 7.34. The Labute approximate surface area is 155 Å². The van der Waals surface area contributed by atoms with Crippen molar-refractivity contribution >= 4 is 21.9 Å². The smallest absolute Gasteiger partial charge is 0.303 e. The van der Waals surface area contributed by atoms with E-state index in [-0.39, 0.29) is 18.5 Å². The summed E-state index contributed by atoms with van der Waals surface area (Å²) in [6.07, 6.45) is -0.320. The van der Waals surface area contributed by atoms with Crippen LogP contribution in [-0.4, -0.2) is 28.9 Å². The fraction of sp³-hybridized carbons (Fsp3) is 0.350. The SMILES string of the molecule is CC(=O)O[C@H]1c2cc(Br)ccc2Cc2ccccc2[C@H]1C[C@@H](O)CO. The quantitative estimate of drug-likeness (QED) is 0.765. The molecule has 0 saturated heterocycles. The highest BCUT2D eigenvalue weighted by molar-refractivity contribution is 9.10. The van der Waals surface area contributed by atoms with Crippen molar-refractivity contribution in [3.05, 3.63) is 69.2 Å². The van der Waals surface area contributed by atoms with E-state index in [1.807, 2.05) is 36.4 Å². The van der Waals surface area contributed by atoms with Gasteiger partial charge in [0.15, 0.2) is 0 Å². The number of esters is 1. The molecule has 0 fully saturated rings. The Bertz CT molecular complexity index is 774. The maximum Gasteiger partial charge on any atom is 0.303 e. The molecule has 1 aliphatic rings. The minimum Gasteiger partial charge on any atom is -0.457 e. The van der Waals surface area contributed by atoms with E-state index in [9.17, 15) is 15.0 Å². The summed E-state index contributed by atoms with van der Waals surface area (Å²) in [5.41, 5.74) is 4.24. The number of halogens is 1. The lowest BCUT2D eigenvalue weighted by atomic mass is 9.84. The molecule has 0 radical (unpaired) electrons. The summed E-state index contributed by atoms with van der Waals surface area (Å²) in [6.45, 7) is 1.07. The zero-order valence-electron chi connectivity index (χ0n) is 14.0. The molecule has 0 aromatic heterocycles. The number of benzene rings is 2. The topological polar surface area (TPSA) is 66.8 Å². The van der Waals surface area contributed by atoms with E-state index in [2.05, 4.69) is 22.0 Å². The third kappa shape index (κ3) is 3.94. The summed E-state index contributed by atoms with van der Waals surface area (Å²) >= 11 is 3.50. The van der Waals surface area contributed by atoms with Gasteiger partial charge in [0.25, 0.3) is 0 Å². The van der Waals surface area contributed by atoms with Crippen molar-refractivity contribution in [2.45, 2.75) is 37.9 Å². The Morgan fingerprint density at radius 3 is 2.68 bits per heavy atom. The van der Waals surface area contributed by atoms with Crippen molar-refractivity contribution in [3.63, 3.8) is 0 Å². The van der Waals surface area contributed by atoms with Crippen molar-refractivity contribution in [3.8, 4) is 0 Å². The molecular formula is C20H21BrO4. The highest BCUT2D eigenvalue weighted by Gasteiger charge is 2.34. The van der Waals surface area contributed by atoms with Gasteiger partial charge in [-0.25, -0.2) is 0 Å². The molecule has 0 saturated carbocycles. The summed E-state index contributed by atoms with van der Waals surface area (Å²) < 4.78 is 6.63. The molecule has 0 amide bonds. The molecule has 0 heterocycles. The Kier molecular flexibility index (Phi) is 5.57. The molecule has 3 rings (SSSR count). The van der Waals surface area contributed by atoms with Gasteiger partial charge in [-0.05, 0) is 47.2 Å². The predicted octanol–water partition coefficient (Wildman–Crippen LogP) is 3.48. The van der Waals surface area contributed by atoms with Crippen molar-refractivity contribution in [2.24, 2.45) is 0 Å². The summed E-state index contributed by atoms with van der Waals surface area (Å²) in [5, 5.41) is 19.4. The Morgan fingerprint density at radius 2 is 1.96 bits per heavy atom. The fourth-order valence-electron chi connectivity index (χ4n) is 3.58. The first-order valence-electron chi connectivity index (χ1n) is 8.32. The number of hydrogen-bond acceptors (Lipinski definition) is 4. The van der Waals surface area contributed by atoms with Gasteiger partial charge in [0.05, 0.1) is 12.7 Å². The lowest BCUT2D eigenvalue weighted by molar-refractivity contribution is -0.148. The lowest BCUT2D eigenvalue weighted by Crippen LogP contribution is -2.24. The maximum atomic E-state index is 11.8. The summed E-state index contributed by atoms with van der Waals surface area (Å²) in [6, 6.07) is 14.0. The van der Waals surface area contributed by atoms with E-state index in [0.717, 1.165) is 33.1 Å². The highest BCUT2D eigenvalue weighted by Crippen LogP contribution is 2.44. The van der Waals surface area contributed by atoms with Gasteiger partial charge in [-0.1, -0.05) is 46.3 Å². The van der Waals surface area contributed by atoms with Gasteiger partial charge in [0, 0.05) is 17.3 Å². The van der Waals surface area contributed by atoms with E-state index in [4.69, 9.17) is 4.74 Å². The monoisotopic (exact) mass is 404 g/mol. The number of aliphatic hydroxyl groups excluding tert-OH is 2. The Morgan fingerprint density at radius 1 is 1.24 bits per heavy atom. The van der Waals surface area contributed by atoms with Crippen LogP contribution in [0, 0.1) is 0 Å². The molecule has 5 heteroatoms. The first kappa shape index (κ1) is 18.1. The minimum absolute atomic E-state index is 0.224. The van der Waals surface area contributed by atoms with Gasteiger partial charge in [-0.3, -0.25) is 4.79 Å². The Hall–Kier alpha value is -1.69. The average Bonchev–Trinajstić information content (AvgIpc) is 2.70. The molecule has 2 N–H and O–H groups in total. The molecule has 0 bridgehead atoms. The van der Waals surface area contributed by atoms with E-state index in [1.165, 1.54) is 6.92 Å². The van der Waals surface area contributed by atoms with E-state index in [0.29, 0.717) is 6.42 Å². The number of hydrogen-bond donors (Lipinski definition) is 2. The number of fused-ring (bicyclic) bond motifs is 2. The molecule has 1 aliphatic carbocycles. The van der Waals surface area contributed by atoms with Crippen LogP contribution in [0.15, 0.2) is 46.9 Å². The van der Waals surface area contributed by atoms with E-state index in [1.54, 1.807) is 0 Å². The number of rotatable bonds is 4. The molecule has 2 aromatic carbocycles. The van der Waals surface area contributed by atoms with Crippen LogP contribution in [0.4, 0.5) is 0 Å². The molecule has 0 unspecified atom stereocenters. The van der Waals surface area contributed by atoms with Crippen molar-refractivity contribution < 1.29 is 19.7 Å². The van der Waals surface area contributed by atoms with Gasteiger partial charge < -0.3 is 14.9 Å². The van der Waals surface area contributed by atoms with E-state index >= 15 is 0 Å². The second-order valence-electron chi connectivity index (χ2n) is 6.43. The average molecular weight is 405 g/mol. The molecule has 3 atom stereocenters. The van der Waals surface area contributed by atoms with Gasteiger partial charge in [-0.2, -0.15) is 0 Å². The Balaban J connectivity index is 2.17. The largest absolute Gasteiger partial charge is 0.457 e. The number of carbonyl (C=O) groups is 1. The van der Waals surface area contributed by atoms with Crippen LogP contribution in [-0.2, 0) is 16.0 Å². The predicted molar refractivity (Wildman–Crippen MR) is 98.3 cm³/mol. The normalized spacial score (nSPS) is 20.2. The van der Waals surface area contributed by atoms with Crippen LogP contribution in [0.1, 0.15) is 47.6 Å². The molecular weight excluding hydrogens is 384 g/mol. The van der Waals surface area contributed by atoms with Crippen molar-refractivity contribution in [1.29, 1.82) is 0 Å². The number of aliphatic hydroxyl groups is 2. The van der Waals surface area contributed by atoms with Crippen LogP contribution in [0.5, 0.6) is 0 Å². The lowest BCUT2D eigenvalue weighted by Gasteiger charge is -2.29. The van der Waals surface area contributed by atoms with Crippen LogP contribution in [0.2, 0.25) is 0 Å². The summed E-state index contributed by atoms with van der Waals surface area (Å²) in [5.74, 6) is -0.586. The summed E-state index contributed by atoms with van der Waals surface area (Å²) in [7, 11) is 0. The van der Waals surface area contributed by atoms with Crippen LogP contribution < -0.4 is 0 Å². The number of carbonyl (C=O) groups excluding carboxylic acids is 1. The van der Waals surface area contributed by atoms with E-state index < -0.39 is 12.2 Å². The third-order valence-electron chi connectivity index (χ3n) is 4.65. The third-order valence-corrected chi connectivity index (χ3v) is 5.14. The van der Waals surface area contributed by atoms with Crippen LogP contribution >= 0.6 is 15.9 Å². The zero-order valence-corrected chi connectivity index (χ0v) is 15.6. The fourth-order valence-corrected chi connectivity index (χ4v) is 3.95. The van der Waals surface area contributed by atoms with Gasteiger partial charge in [0.1, 0.15) is 6.10 Å². The molecule has 25 heavy (non-hydrogen) atoms. The van der Waals surface area contributed by atoms with Gasteiger partial charge in [-0.15, -0.1) is 0 Å². The molecule has 0 spiro atoms. The second kappa shape index (κ2) is 7.68. The van der Waals surface area contributed by atoms with Gasteiger partial charge >= 0.3 is 5.97 Å². The molecule has 4 nitrogen and oxygen atoms in total. The highest BCUT2D eigenvalue weighted by atomic mass is 79.9. The first-order valence-corrected chi connectivity index (χ1v) is 9.11. The molecule has 2 aromatic rings. The van der Waals surface area contributed by atoms with Crippen molar-refractivity contribution in [1.82, 2.24) is 0 Å². The van der Waals surface area contributed by atoms with Gasteiger partial charge in [0.2, 0.25) is 0 Å². The minimum atomic E-state index is -0.871. The number of ether oxygens (including phenoxy) is 1. The van der Waals surface area contributed by atoms with Crippen LogP contribution in [0.25, 0.3) is 0 Å².